The van der Waals surface area contributed by atoms with E-state index in [1.807, 2.05) is 5.38 Å². The number of carbonyl (C=O) groups is 2. The van der Waals surface area contributed by atoms with Crippen molar-refractivity contribution in [3.8, 4) is 0 Å². The van der Waals surface area contributed by atoms with E-state index < -0.39 is 0 Å². The van der Waals surface area contributed by atoms with Crippen LogP contribution in [0.2, 0.25) is 0 Å². The second-order valence-corrected chi connectivity index (χ2v) is 9.12. The number of amides is 1. The third kappa shape index (κ3) is 5.59. The van der Waals surface area contributed by atoms with E-state index in [0.717, 1.165) is 30.6 Å². The van der Waals surface area contributed by atoms with Crippen LogP contribution in [0.25, 0.3) is 0 Å². The van der Waals surface area contributed by atoms with Gasteiger partial charge in [-0.2, -0.15) is 0 Å². The molecule has 1 unspecified atom stereocenters. The first kappa shape index (κ1) is 20.0. The van der Waals surface area contributed by atoms with Gasteiger partial charge in [0.1, 0.15) is 0 Å². The first-order valence-electron chi connectivity index (χ1n) is 9.25. The van der Waals surface area contributed by atoms with Gasteiger partial charge in [-0.1, -0.05) is 24.6 Å². The third-order valence-electron chi connectivity index (χ3n) is 4.67. The zero-order valence-corrected chi connectivity index (χ0v) is 17.4. The minimum absolute atomic E-state index is 0.227. The number of thioether (sulfide) groups is 1. The van der Waals surface area contributed by atoms with Crippen LogP contribution in [0.4, 0.5) is 0 Å². The SMILES string of the molecule is Cc1ccc(SCCNC(=O)COC(=O)c2csc3c2CCC(C)C3)cc1. The Labute approximate surface area is 168 Å². The number of thiophene rings is 1. The lowest BCUT2D eigenvalue weighted by Crippen LogP contribution is -2.30. The lowest BCUT2D eigenvalue weighted by molar-refractivity contribution is -0.124. The van der Waals surface area contributed by atoms with E-state index in [9.17, 15) is 9.59 Å². The van der Waals surface area contributed by atoms with Crippen LogP contribution in [-0.4, -0.2) is 30.8 Å². The minimum Gasteiger partial charge on any atom is -0.452 e. The molecule has 1 heterocycles. The van der Waals surface area contributed by atoms with Crippen LogP contribution in [-0.2, 0) is 22.4 Å². The number of ether oxygens (including phenoxy) is 1. The largest absolute Gasteiger partial charge is 0.452 e. The van der Waals surface area contributed by atoms with E-state index in [2.05, 4.69) is 43.4 Å². The lowest BCUT2D eigenvalue weighted by Gasteiger charge is -2.18. The van der Waals surface area contributed by atoms with Crippen LogP contribution in [0.1, 0.15) is 39.7 Å². The van der Waals surface area contributed by atoms with Crippen LogP contribution in [0.15, 0.2) is 34.5 Å². The Morgan fingerprint density at radius 3 is 2.85 bits per heavy atom. The van der Waals surface area contributed by atoms with Crippen molar-refractivity contribution in [3.63, 3.8) is 0 Å². The van der Waals surface area contributed by atoms with E-state index in [0.29, 0.717) is 18.0 Å². The predicted octanol–water partition coefficient (Wildman–Crippen LogP) is 4.25. The second-order valence-electron chi connectivity index (χ2n) is 6.99. The Hall–Kier alpha value is -1.79. The van der Waals surface area contributed by atoms with Gasteiger partial charge in [0.2, 0.25) is 0 Å². The summed E-state index contributed by atoms with van der Waals surface area (Å²) in [6.07, 6.45) is 3.06. The monoisotopic (exact) mass is 403 g/mol. The molecule has 6 heteroatoms. The van der Waals surface area contributed by atoms with Crippen molar-refractivity contribution in [1.82, 2.24) is 5.32 Å². The van der Waals surface area contributed by atoms with Crippen molar-refractivity contribution >= 4 is 35.0 Å². The molecule has 0 spiro atoms. The van der Waals surface area contributed by atoms with E-state index in [1.54, 1.807) is 23.1 Å². The number of nitrogens with one attached hydrogen (secondary N) is 1. The van der Waals surface area contributed by atoms with Crippen LogP contribution >= 0.6 is 23.1 Å². The summed E-state index contributed by atoms with van der Waals surface area (Å²) in [5.41, 5.74) is 3.00. The average Bonchev–Trinajstić information content (AvgIpc) is 3.07. The highest BCUT2D eigenvalue weighted by molar-refractivity contribution is 7.99. The maximum Gasteiger partial charge on any atom is 0.339 e. The highest BCUT2D eigenvalue weighted by Gasteiger charge is 2.24. The molecule has 0 radical (unpaired) electrons. The van der Waals surface area contributed by atoms with E-state index in [4.69, 9.17) is 4.74 Å². The molecular weight excluding hydrogens is 378 g/mol. The molecule has 0 saturated carbocycles. The van der Waals surface area contributed by atoms with Gasteiger partial charge < -0.3 is 10.1 Å². The first-order chi connectivity index (χ1) is 13.0. The average molecular weight is 404 g/mol. The molecule has 1 amide bonds. The molecule has 3 rings (SSSR count). The highest BCUT2D eigenvalue weighted by Crippen LogP contribution is 2.33. The molecule has 2 aromatic rings. The van der Waals surface area contributed by atoms with Crippen molar-refractivity contribution < 1.29 is 14.3 Å². The summed E-state index contributed by atoms with van der Waals surface area (Å²) in [6, 6.07) is 8.30. The summed E-state index contributed by atoms with van der Waals surface area (Å²) in [5.74, 6) is 0.805. The molecule has 1 atom stereocenters. The first-order valence-corrected chi connectivity index (χ1v) is 11.1. The summed E-state index contributed by atoms with van der Waals surface area (Å²) in [7, 11) is 0. The maximum atomic E-state index is 12.3. The van der Waals surface area contributed by atoms with Gasteiger partial charge in [0.05, 0.1) is 5.56 Å². The quantitative estimate of drug-likeness (QED) is 0.427. The zero-order valence-electron chi connectivity index (χ0n) is 15.7. The number of aryl methyl sites for hydroxylation is 1. The van der Waals surface area contributed by atoms with Crippen molar-refractivity contribution in [2.45, 2.75) is 38.0 Å². The molecule has 0 fully saturated rings. The molecule has 1 aliphatic carbocycles. The number of fused-ring (bicyclic) bond motifs is 1. The Kier molecular flexibility index (Phi) is 6.96. The van der Waals surface area contributed by atoms with Crippen LogP contribution in [0.5, 0.6) is 0 Å². The zero-order chi connectivity index (χ0) is 19.2. The van der Waals surface area contributed by atoms with Gasteiger partial charge in [0.15, 0.2) is 6.61 Å². The van der Waals surface area contributed by atoms with Gasteiger partial charge in [0, 0.05) is 27.5 Å². The summed E-state index contributed by atoms with van der Waals surface area (Å²) in [4.78, 5) is 26.7. The molecule has 0 bridgehead atoms. The molecule has 4 nitrogen and oxygen atoms in total. The summed E-state index contributed by atoms with van der Waals surface area (Å²) in [6.45, 7) is 4.61. The summed E-state index contributed by atoms with van der Waals surface area (Å²) >= 11 is 3.32. The molecular formula is C21H25NO3S2. The van der Waals surface area contributed by atoms with Gasteiger partial charge in [-0.25, -0.2) is 4.79 Å². The van der Waals surface area contributed by atoms with Crippen molar-refractivity contribution in [3.05, 3.63) is 51.2 Å². The molecule has 1 aliphatic rings. The number of rotatable bonds is 7. The van der Waals surface area contributed by atoms with Crippen molar-refractivity contribution in [2.75, 3.05) is 18.9 Å². The Morgan fingerprint density at radius 2 is 2.07 bits per heavy atom. The molecule has 27 heavy (non-hydrogen) atoms. The lowest BCUT2D eigenvalue weighted by atomic mass is 9.88. The van der Waals surface area contributed by atoms with E-state index in [1.165, 1.54) is 15.3 Å². The van der Waals surface area contributed by atoms with Gasteiger partial charge in [-0.15, -0.1) is 23.1 Å². The standard InChI is InChI=1S/C21H25NO3S2/c1-14-3-6-16(7-4-14)26-10-9-22-20(23)12-25-21(24)18-13-27-19-11-15(2)5-8-17(18)19/h3-4,6-7,13,15H,5,8-12H2,1-2H3,(H,22,23). The normalized spacial score (nSPS) is 15.9. The minimum atomic E-state index is -0.383. The van der Waals surface area contributed by atoms with Crippen LogP contribution < -0.4 is 5.32 Å². The van der Waals surface area contributed by atoms with Gasteiger partial charge in [-0.05, 0) is 49.8 Å². The maximum absolute atomic E-state index is 12.3. The topological polar surface area (TPSA) is 55.4 Å². The number of hydrogen-bond acceptors (Lipinski definition) is 5. The van der Waals surface area contributed by atoms with E-state index >= 15 is 0 Å². The molecule has 0 saturated heterocycles. The molecule has 1 aromatic carbocycles. The second kappa shape index (κ2) is 9.42. The fraction of sp³-hybridized carbons (Fsp3) is 0.429. The van der Waals surface area contributed by atoms with Crippen molar-refractivity contribution in [1.29, 1.82) is 0 Å². The molecule has 144 valence electrons. The highest BCUT2D eigenvalue weighted by atomic mass is 32.2. The Bertz CT molecular complexity index is 798. The predicted molar refractivity (Wildman–Crippen MR) is 111 cm³/mol. The molecule has 1 aromatic heterocycles. The van der Waals surface area contributed by atoms with E-state index in [-0.39, 0.29) is 18.5 Å². The van der Waals surface area contributed by atoms with Crippen LogP contribution in [0, 0.1) is 12.8 Å². The fourth-order valence-electron chi connectivity index (χ4n) is 3.10. The van der Waals surface area contributed by atoms with Gasteiger partial charge in [-0.3, -0.25) is 4.79 Å². The van der Waals surface area contributed by atoms with Crippen LogP contribution in [0.3, 0.4) is 0 Å². The van der Waals surface area contributed by atoms with Crippen molar-refractivity contribution in [2.24, 2.45) is 5.92 Å². The Morgan fingerprint density at radius 1 is 1.30 bits per heavy atom. The summed E-state index contributed by atoms with van der Waals surface area (Å²) < 4.78 is 5.22. The number of benzene rings is 1. The smallest absolute Gasteiger partial charge is 0.339 e. The van der Waals surface area contributed by atoms with Gasteiger partial charge >= 0.3 is 5.97 Å². The van der Waals surface area contributed by atoms with Gasteiger partial charge in [0.25, 0.3) is 5.91 Å². The number of esters is 1. The number of carbonyl (C=O) groups excluding carboxylic acids is 2. The number of hydrogen-bond donors (Lipinski definition) is 1. The summed E-state index contributed by atoms with van der Waals surface area (Å²) in [5, 5.41) is 4.67. The molecule has 1 N–H and O–H groups in total. The Balaban J connectivity index is 1.38. The fourth-order valence-corrected chi connectivity index (χ4v) is 5.10. The third-order valence-corrected chi connectivity index (χ3v) is 6.73. The molecule has 0 aliphatic heterocycles.